The lowest BCUT2D eigenvalue weighted by Gasteiger charge is -2.28. The lowest BCUT2D eigenvalue weighted by molar-refractivity contribution is -0.139. The van der Waals surface area contributed by atoms with Gasteiger partial charge in [-0.2, -0.15) is 0 Å². The van der Waals surface area contributed by atoms with Crippen LogP contribution >= 0.6 is 11.8 Å². The molecule has 108 valence electrons. The number of aliphatic carboxylic acids is 1. The number of carboxylic acid groups (broad SMARTS) is 1. The Kier molecular flexibility index (Phi) is 3.99. The summed E-state index contributed by atoms with van der Waals surface area (Å²) >= 11 is 1.74. The number of carbonyl (C=O) groups excluding carboxylic acids is 1. The summed E-state index contributed by atoms with van der Waals surface area (Å²) < 4.78 is 0. The van der Waals surface area contributed by atoms with E-state index in [1.54, 1.807) is 16.7 Å². The van der Waals surface area contributed by atoms with Crippen LogP contribution in [0.2, 0.25) is 0 Å². The van der Waals surface area contributed by atoms with Crippen LogP contribution in [0.5, 0.6) is 0 Å². The maximum atomic E-state index is 12.0. The zero-order valence-electron chi connectivity index (χ0n) is 11.7. The van der Waals surface area contributed by atoms with Crippen LogP contribution in [-0.2, 0) is 4.79 Å². The van der Waals surface area contributed by atoms with E-state index in [-0.39, 0.29) is 22.2 Å². The van der Waals surface area contributed by atoms with Crippen molar-refractivity contribution in [1.82, 2.24) is 10.2 Å². The number of nitrogens with one attached hydrogen (secondary N) is 1. The average molecular weight is 286 g/mol. The van der Waals surface area contributed by atoms with Gasteiger partial charge in [0.2, 0.25) is 0 Å². The minimum Gasteiger partial charge on any atom is -0.480 e. The fourth-order valence-corrected chi connectivity index (χ4v) is 4.85. The summed E-state index contributed by atoms with van der Waals surface area (Å²) in [5.41, 5.74) is 0. The Hall–Kier alpha value is -0.910. The van der Waals surface area contributed by atoms with Crippen molar-refractivity contribution in [2.24, 2.45) is 0 Å². The third kappa shape index (κ3) is 2.55. The van der Waals surface area contributed by atoms with E-state index in [1.807, 2.05) is 13.8 Å². The van der Waals surface area contributed by atoms with Gasteiger partial charge in [-0.25, -0.2) is 9.59 Å². The van der Waals surface area contributed by atoms with Crippen molar-refractivity contribution in [1.29, 1.82) is 0 Å². The number of carbonyl (C=O) groups is 2. The molecule has 0 bridgehead atoms. The highest BCUT2D eigenvalue weighted by Crippen LogP contribution is 2.48. The summed E-state index contributed by atoms with van der Waals surface area (Å²) in [5, 5.41) is 12.1. The Morgan fingerprint density at radius 1 is 1.47 bits per heavy atom. The van der Waals surface area contributed by atoms with E-state index in [4.69, 9.17) is 0 Å². The monoisotopic (exact) mass is 286 g/mol. The number of nitrogens with zero attached hydrogens (tertiary/aromatic N) is 1. The third-order valence-electron chi connectivity index (χ3n) is 3.90. The summed E-state index contributed by atoms with van der Waals surface area (Å²) in [7, 11) is 0. The number of hydrogen-bond donors (Lipinski definition) is 2. The highest BCUT2D eigenvalue weighted by molar-refractivity contribution is 8.01. The van der Waals surface area contributed by atoms with Crippen LogP contribution in [0.25, 0.3) is 0 Å². The molecule has 2 N–H and O–H groups in total. The van der Waals surface area contributed by atoms with Crippen LogP contribution < -0.4 is 5.32 Å². The molecule has 2 aliphatic rings. The second-order valence-corrected chi connectivity index (χ2v) is 7.57. The van der Waals surface area contributed by atoms with Crippen LogP contribution in [0.4, 0.5) is 4.79 Å². The molecule has 0 spiro atoms. The molecular formula is C13H22N2O3S. The first-order valence-electron chi connectivity index (χ1n) is 6.89. The van der Waals surface area contributed by atoms with E-state index in [9.17, 15) is 14.7 Å². The average Bonchev–Trinajstić information content (AvgIpc) is 2.78. The fourth-order valence-electron chi connectivity index (χ4n) is 3.09. The number of thioether (sulfide) groups is 1. The van der Waals surface area contributed by atoms with Gasteiger partial charge in [-0.1, -0.05) is 26.2 Å². The van der Waals surface area contributed by atoms with Gasteiger partial charge in [-0.3, -0.25) is 0 Å². The summed E-state index contributed by atoms with van der Waals surface area (Å²) in [4.78, 5) is 24.7. The van der Waals surface area contributed by atoms with Crippen LogP contribution in [0, 0.1) is 0 Å². The van der Waals surface area contributed by atoms with Gasteiger partial charge in [0.1, 0.15) is 6.04 Å². The molecule has 3 atom stereocenters. The zero-order valence-corrected chi connectivity index (χ0v) is 12.5. The Morgan fingerprint density at radius 3 is 2.74 bits per heavy atom. The van der Waals surface area contributed by atoms with Gasteiger partial charge in [0.05, 0.1) is 10.9 Å². The van der Waals surface area contributed by atoms with Crippen molar-refractivity contribution in [3.63, 3.8) is 0 Å². The van der Waals surface area contributed by atoms with Crippen LogP contribution in [0.15, 0.2) is 0 Å². The molecule has 2 saturated heterocycles. The van der Waals surface area contributed by atoms with Crippen LogP contribution in [0.3, 0.4) is 0 Å². The zero-order chi connectivity index (χ0) is 14.2. The van der Waals surface area contributed by atoms with Gasteiger partial charge in [-0.05, 0) is 20.3 Å². The molecule has 2 aliphatic heterocycles. The van der Waals surface area contributed by atoms with Crippen LogP contribution in [0.1, 0.15) is 46.5 Å². The molecule has 0 saturated carbocycles. The highest BCUT2D eigenvalue weighted by atomic mass is 32.2. The van der Waals surface area contributed by atoms with Gasteiger partial charge in [-0.15, -0.1) is 11.8 Å². The van der Waals surface area contributed by atoms with Gasteiger partial charge in [0.15, 0.2) is 0 Å². The molecule has 2 heterocycles. The molecule has 2 rings (SSSR count). The number of amides is 2. The topological polar surface area (TPSA) is 69.6 Å². The van der Waals surface area contributed by atoms with Crippen molar-refractivity contribution in [3.8, 4) is 0 Å². The van der Waals surface area contributed by atoms with Crippen molar-refractivity contribution in [2.75, 3.05) is 0 Å². The van der Waals surface area contributed by atoms with Crippen molar-refractivity contribution in [3.05, 3.63) is 0 Å². The molecule has 19 heavy (non-hydrogen) atoms. The number of fused-ring (bicyclic) bond motifs is 1. The maximum absolute atomic E-state index is 12.0. The molecule has 2 amide bonds. The number of hydrogen-bond acceptors (Lipinski definition) is 3. The Morgan fingerprint density at radius 2 is 2.16 bits per heavy atom. The summed E-state index contributed by atoms with van der Waals surface area (Å²) in [6.07, 6.45) is 4.37. The first-order chi connectivity index (χ1) is 8.88. The maximum Gasteiger partial charge on any atom is 0.328 e. The molecule has 3 unspecified atom stereocenters. The Labute approximate surface area is 118 Å². The quantitative estimate of drug-likeness (QED) is 0.761. The normalized spacial score (nSPS) is 32.3. The predicted octanol–water partition coefficient (Wildman–Crippen LogP) is 2.27. The minimum atomic E-state index is -0.931. The summed E-state index contributed by atoms with van der Waals surface area (Å²) in [5.74, 6) is -0.931. The summed E-state index contributed by atoms with van der Waals surface area (Å²) in [6.45, 7) is 6.14. The standard InChI is InChI=1S/C13H22N2O3S/c1-4-5-6-7-8-10-9(11(16)17)14-12(18)15(10)13(2,3)19-8/h8-10H,4-7H2,1-3H3,(H,14,18)(H,16,17). The molecule has 0 radical (unpaired) electrons. The molecule has 2 fully saturated rings. The molecule has 0 aromatic rings. The molecule has 0 aromatic heterocycles. The largest absolute Gasteiger partial charge is 0.480 e. The fraction of sp³-hybridized carbons (Fsp3) is 0.846. The molecule has 6 heteroatoms. The summed E-state index contributed by atoms with van der Waals surface area (Å²) in [6, 6.07) is -1.23. The number of unbranched alkanes of at least 4 members (excludes halogenated alkanes) is 2. The molecular weight excluding hydrogens is 264 g/mol. The van der Waals surface area contributed by atoms with E-state index >= 15 is 0 Å². The van der Waals surface area contributed by atoms with Gasteiger partial charge in [0.25, 0.3) is 0 Å². The second kappa shape index (κ2) is 5.23. The van der Waals surface area contributed by atoms with Crippen molar-refractivity contribution >= 4 is 23.8 Å². The van der Waals surface area contributed by atoms with E-state index in [0.29, 0.717) is 0 Å². The molecule has 5 nitrogen and oxygen atoms in total. The van der Waals surface area contributed by atoms with Gasteiger partial charge in [0, 0.05) is 5.25 Å². The molecule has 0 aliphatic carbocycles. The van der Waals surface area contributed by atoms with E-state index in [0.717, 1.165) is 25.7 Å². The van der Waals surface area contributed by atoms with Crippen molar-refractivity contribution in [2.45, 2.75) is 68.7 Å². The Bertz CT molecular complexity index is 386. The minimum absolute atomic E-state index is 0.210. The predicted molar refractivity (Wildman–Crippen MR) is 75.2 cm³/mol. The first kappa shape index (κ1) is 14.5. The van der Waals surface area contributed by atoms with Gasteiger partial charge < -0.3 is 15.3 Å². The van der Waals surface area contributed by atoms with E-state index < -0.39 is 12.0 Å². The second-order valence-electron chi connectivity index (χ2n) is 5.72. The number of carboxylic acids is 1. The number of rotatable bonds is 5. The first-order valence-corrected chi connectivity index (χ1v) is 7.77. The SMILES string of the molecule is CCCCCC1SC(C)(C)N2C(=O)NC(C(=O)O)C12. The smallest absolute Gasteiger partial charge is 0.328 e. The van der Waals surface area contributed by atoms with E-state index in [1.165, 1.54) is 0 Å². The highest BCUT2D eigenvalue weighted by Gasteiger charge is 2.58. The molecule has 0 aromatic carbocycles. The van der Waals surface area contributed by atoms with Crippen LogP contribution in [-0.4, -0.2) is 44.2 Å². The number of urea groups is 1. The lowest BCUT2D eigenvalue weighted by Crippen LogP contribution is -2.46. The Balaban J connectivity index is 2.17. The van der Waals surface area contributed by atoms with E-state index in [2.05, 4.69) is 12.2 Å². The third-order valence-corrected chi connectivity index (χ3v) is 5.49. The van der Waals surface area contributed by atoms with Gasteiger partial charge >= 0.3 is 12.0 Å². The van der Waals surface area contributed by atoms with Crippen molar-refractivity contribution < 1.29 is 14.7 Å². The lowest BCUT2D eigenvalue weighted by atomic mass is 10.00.